The summed E-state index contributed by atoms with van der Waals surface area (Å²) in [6, 6.07) is 18.7. The number of fused-ring (bicyclic) bond motifs is 2. The Bertz CT molecular complexity index is 872. The van der Waals surface area contributed by atoms with Crippen molar-refractivity contribution in [3.05, 3.63) is 65.7 Å². The van der Waals surface area contributed by atoms with Crippen LogP contribution in [0.25, 0.3) is 0 Å². The van der Waals surface area contributed by atoms with Crippen LogP contribution in [0.5, 0.6) is 0 Å². The maximum atomic E-state index is 12.3. The van der Waals surface area contributed by atoms with Crippen molar-refractivity contribution in [2.75, 3.05) is 36.7 Å². The Kier molecular flexibility index (Phi) is 4.53. The molecule has 1 saturated heterocycles. The quantitative estimate of drug-likeness (QED) is 0.831. The van der Waals surface area contributed by atoms with Gasteiger partial charge in [-0.05, 0) is 49.5 Å². The fourth-order valence-corrected chi connectivity index (χ4v) is 5.44. The summed E-state index contributed by atoms with van der Waals surface area (Å²) >= 11 is 0. The molecule has 0 aromatic heterocycles. The van der Waals surface area contributed by atoms with Gasteiger partial charge in [-0.1, -0.05) is 48.5 Å². The van der Waals surface area contributed by atoms with Crippen LogP contribution < -0.4 is 4.31 Å². The van der Waals surface area contributed by atoms with Crippen LogP contribution in [0.1, 0.15) is 24.0 Å². The highest BCUT2D eigenvalue weighted by Gasteiger charge is 2.46. The highest BCUT2D eigenvalue weighted by atomic mass is 32.2. The molecule has 2 aliphatic rings. The van der Waals surface area contributed by atoms with Crippen molar-refractivity contribution in [2.24, 2.45) is 0 Å². The van der Waals surface area contributed by atoms with Gasteiger partial charge in [-0.15, -0.1) is 0 Å². The zero-order valence-electron chi connectivity index (χ0n) is 15.3. The molecule has 4 nitrogen and oxygen atoms in total. The van der Waals surface area contributed by atoms with Crippen LogP contribution in [0.15, 0.2) is 54.6 Å². The van der Waals surface area contributed by atoms with E-state index in [9.17, 15) is 8.42 Å². The number of hydrogen-bond acceptors (Lipinski definition) is 3. The number of piperidine rings is 1. The van der Waals surface area contributed by atoms with Gasteiger partial charge in [-0.25, -0.2) is 8.42 Å². The number of anilines is 1. The third-order valence-electron chi connectivity index (χ3n) is 5.96. The number of hydrogen-bond donors (Lipinski definition) is 0. The second-order valence-electron chi connectivity index (χ2n) is 7.64. The third-order valence-corrected chi connectivity index (χ3v) is 7.09. The van der Waals surface area contributed by atoms with Crippen molar-refractivity contribution in [1.29, 1.82) is 0 Å². The van der Waals surface area contributed by atoms with Crippen molar-refractivity contribution in [1.82, 2.24) is 4.90 Å². The molecule has 2 aliphatic heterocycles. The van der Waals surface area contributed by atoms with Crippen LogP contribution in [0.4, 0.5) is 5.69 Å². The van der Waals surface area contributed by atoms with E-state index in [4.69, 9.17) is 0 Å². The van der Waals surface area contributed by atoms with Crippen LogP contribution in [0.3, 0.4) is 0 Å². The maximum Gasteiger partial charge on any atom is 0.232 e. The van der Waals surface area contributed by atoms with Crippen molar-refractivity contribution in [3.8, 4) is 0 Å². The first-order valence-electron chi connectivity index (χ1n) is 9.31. The molecular weight excluding hydrogens is 344 g/mol. The van der Waals surface area contributed by atoms with Gasteiger partial charge in [0.2, 0.25) is 10.0 Å². The fraction of sp³-hybridized carbons (Fsp3) is 0.429. The average molecular weight is 371 g/mol. The Balaban J connectivity index is 1.47. The number of para-hydroxylation sites is 1. The maximum absolute atomic E-state index is 12.3. The van der Waals surface area contributed by atoms with Gasteiger partial charge >= 0.3 is 0 Å². The predicted octanol–water partition coefficient (Wildman–Crippen LogP) is 3.04. The van der Waals surface area contributed by atoms with Gasteiger partial charge in [-0.2, -0.15) is 0 Å². The lowest BCUT2D eigenvalue weighted by Crippen LogP contribution is -2.46. The lowest BCUT2D eigenvalue weighted by Gasteiger charge is -2.39. The summed E-state index contributed by atoms with van der Waals surface area (Å²) < 4.78 is 26.1. The van der Waals surface area contributed by atoms with E-state index < -0.39 is 10.0 Å². The van der Waals surface area contributed by atoms with Gasteiger partial charge < -0.3 is 4.90 Å². The van der Waals surface area contributed by atoms with Crippen LogP contribution in [-0.4, -0.2) is 45.8 Å². The van der Waals surface area contributed by atoms with E-state index in [1.54, 1.807) is 4.31 Å². The number of benzene rings is 2. The van der Waals surface area contributed by atoms with Gasteiger partial charge in [0.25, 0.3) is 0 Å². The largest absolute Gasteiger partial charge is 0.303 e. The number of sulfonamides is 1. The Morgan fingerprint density at radius 3 is 2.31 bits per heavy atom. The molecular formula is C21H26N2O2S. The number of nitrogens with zero attached hydrogens (tertiary/aromatic N) is 2. The minimum atomic E-state index is -3.23. The first kappa shape index (κ1) is 17.6. The van der Waals surface area contributed by atoms with Gasteiger partial charge in [0.1, 0.15) is 0 Å². The smallest absolute Gasteiger partial charge is 0.232 e. The minimum absolute atomic E-state index is 0.0249. The van der Waals surface area contributed by atoms with E-state index in [2.05, 4.69) is 41.3 Å². The molecule has 1 fully saturated rings. The fourth-order valence-electron chi connectivity index (χ4n) is 4.44. The summed E-state index contributed by atoms with van der Waals surface area (Å²) in [5.41, 5.74) is 3.45. The molecule has 0 unspecified atom stereocenters. The SMILES string of the molecule is CS(=O)(=O)N1CC2(CCN(CCc3ccccc3)CC2)c2ccccc21. The van der Waals surface area contributed by atoms with Crippen molar-refractivity contribution in [3.63, 3.8) is 0 Å². The minimum Gasteiger partial charge on any atom is -0.303 e. The number of likely N-dealkylation sites (tertiary alicyclic amines) is 1. The lowest BCUT2D eigenvalue weighted by atomic mass is 9.74. The molecule has 1 spiro atoms. The summed E-state index contributed by atoms with van der Waals surface area (Å²) in [7, 11) is -3.23. The topological polar surface area (TPSA) is 40.6 Å². The van der Waals surface area contributed by atoms with Gasteiger partial charge in [0.15, 0.2) is 0 Å². The van der Waals surface area contributed by atoms with E-state index in [0.29, 0.717) is 6.54 Å². The summed E-state index contributed by atoms with van der Waals surface area (Å²) in [5, 5.41) is 0. The zero-order valence-corrected chi connectivity index (χ0v) is 16.1. The van der Waals surface area contributed by atoms with Crippen molar-refractivity contribution >= 4 is 15.7 Å². The van der Waals surface area contributed by atoms with Crippen LogP contribution >= 0.6 is 0 Å². The Labute approximate surface area is 156 Å². The molecule has 0 aliphatic carbocycles. The van der Waals surface area contributed by atoms with E-state index in [-0.39, 0.29) is 5.41 Å². The Morgan fingerprint density at radius 1 is 0.962 bits per heavy atom. The Morgan fingerprint density at radius 2 is 1.62 bits per heavy atom. The molecule has 0 amide bonds. The standard InChI is InChI=1S/C21H26N2O2S/c1-26(24,25)23-17-21(19-9-5-6-10-20(19)23)12-15-22(16-13-21)14-11-18-7-3-2-4-8-18/h2-10H,11-17H2,1H3. The lowest BCUT2D eigenvalue weighted by molar-refractivity contribution is 0.169. The highest BCUT2D eigenvalue weighted by Crippen LogP contribution is 2.47. The Hall–Kier alpha value is -1.85. The molecule has 4 rings (SSSR count). The van der Waals surface area contributed by atoms with Crippen LogP contribution in [0, 0.1) is 0 Å². The summed E-state index contributed by atoms with van der Waals surface area (Å²) in [6.45, 7) is 3.72. The zero-order chi connectivity index (χ0) is 18.2. The summed E-state index contributed by atoms with van der Waals surface area (Å²) in [5.74, 6) is 0. The summed E-state index contributed by atoms with van der Waals surface area (Å²) in [6.07, 6.45) is 4.42. The molecule has 5 heteroatoms. The van der Waals surface area contributed by atoms with Gasteiger partial charge in [-0.3, -0.25) is 4.31 Å². The third kappa shape index (κ3) is 3.26. The van der Waals surface area contributed by atoms with E-state index >= 15 is 0 Å². The molecule has 0 bridgehead atoms. The predicted molar refractivity (Wildman–Crippen MR) is 106 cm³/mol. The van der Waals surface area contributed by atoms with Gasteiger partial charge in [0.05, 0.1) is 11.9 Å². The summed E-state index contributed by atoms with van der Waals surface area (Å²) in [4.78, 5) is 2.52. The first-order valence-corrected chi connectivity index (χ1v) is 11.2. The average Bonchev–Trinajstić information content (AvgIpc) is 2.97. The first-order chi connectivity index (χ1) is 12.5. The van der Waals surface area contributed by atoms with E-state index in [1.807, 2.05) is 18.2 Å². The van der Waals surface area contributed by atoms with E-state index in [0.717, 1.165) is 44.6 Å². The van der Waals surface area contributed by atoms with Crippen molar-refractivity contribution in [2.45, 2.75) is 24.7 Å². The molecule has 2 heterocycles. The normalized spacial score (nSPS) is 19.7. The molecule has 0 N–H and O–H groups in total. The van der Waals surface area contributed by atoms with E-state index in [1.165, 1.54) is 17.4 Å². The van der Waals surface area contributed by atoms with Crippen LogP contribution in [-0.2, 0) is 21.9 Å². The van der Waals surface area contributed by atoms with Gasteiger partial charge in [0, 0.05) is 18.5 Å². The molecule has 2 aromatic rings. The molecule has 0 radical (unpaired) electrons. The molecule has 0 saturated carbocycles. The second-order valence-corrected chi connectivity index (χ2v) is 9.55. The number of rotatable bonds is 4. The monoisotopic (exact) mass is 370 g/mol. The highest BCUT2D eigenvalue weighted by molar-refractivity contribution is 7.92. The van der Waals surface area contributed by atoms with Crippen molar-refractivity contribution < 1.29 is 8.42 Å². The molecule has 0 atom stereocenters. The molecule has 2 aromatic carbocycles. The molecule has 138 valence electrons. The van der Waals surface area contributed by atoms with Crippen LogP contribution in [0.2, 0.25) is 0 Å². The second kappa shape index (κ2) is 6.71. The molecule has 26 heavy (non-hydrogen) atoms.